The Bertz CT molecular complexity index is 865. The molecule has 0 fully saturated rings. The van der Waals surface area contributed by atoms with Crippen LogP contribution < -0.4 is 5.32 Å². The fourth-order valence-corrected chi connectivity index (χ4v) is 2.78. The van der Waals surface area contributed by atoms with E-state index in [0.717, 1.165) is 29.3 Å². The minimum absolute atomic E-state index is 0.00203. The molecule has 0 saturated carbocycles. The van der Waals surface area contributed by atoms with Crippen LogP contribution in [0.5, 0.6) is 0 Å². The van der Waals surface area contributed by atoms with Gasteiger partial charge in [0.1, 0.15) is 6.20 Å². The normalized spacial score (nSPS) is 10.5. The maximum Gasteiger partial charge on any atom is 0.345 e. The predicted molar refractivity (Wildman–Crippen MR) is 85.7 cm³/mol. The summed E-state index contributed by atoms with van der Waals surface area (Å²) in [5.74, 6) is -0.0749. The Kier molecular flexibility index (Phi) is 4.77. The van der Waals surface area contributed by atoms with Crippen LogP contribution in [-0.4, -0.2) is 36.7 Å². The summed E-state index contributed by atoms with van der Waals surface area (Å²) < 4.78 is 5.42. The minimum atomic E-state index is -0.569. The number of nitrogens with zero attached hydrogens (tertiary/aromatic N) is 5. The number of nitro groups is 1. The summed E-state index contributed by atoms with van der Waals surface area (Å²) in [7, 11) is 0. The second-order valence-electron chi connectivity index (χ2n) is 4.21. The highest BCUT2D eigenvalue weighted by molar-refractivity contribution is 7.99. The number of carbonyl (C=O) groups excluding carboxylic acids is 1. The average Bonchev–Trinajstić information content (AvgIpc) is 3.23. The number of hydrogen-bond donors (Lipinski definition) is 1. The lowest BCUT2D eigenvalue weighted by Crippen LogP contribution is -2.13. The standard InChI is InChI=1S/C12H8N6O4S2/c19-8(15-11-14-5-9(24-11)18(20)21)6-23-12-17-16-10(22-12)7-2-1-3-13-4-7/h1-5H,6H2,(H,14,15,19). The number of pyridine rings is 1. The minimum Gasteiger partial charge on any atom is -0.411 e. The molecule has 24 heavy (non-hydrogen) atoms. The Hall–Kier alpha value is -2.86. The summed E-state index contributed by atoms with van der Waals surface area (Å²) >= 11 is 1.83. The van der Waals surface area contributed by atoms with Gasteiger partial charge in [-0.05, 0) is 23.5 Å². The highest BCUT2D eigenvalue weighted by Gasteiger charge is 2.15. The first kappa shape index (κ1) is 16.0. The molecule has 0 aliphatic heterocycles. The monoisotopic (exact) mass is 364 g/mol. The van der Waals surface area contributed by atoms with E-state index in [0.29, 0.717) is 11.5 Å². The number of thioether (sulfide) groups is 1. The average molecular weight is 364 g/mol. The van der Waals surface area contributed by atoms with E-state index in [-0.39, 0.29) is 27.0 Å². The SMILES string of the molecule is O=C(CSc1nnc(-c2cccnc2)o1)Nc1ncc([N+](=O)[O-])s1. The van der Waals surface area contributed by atoms with E-state index < -0.39 is 4.92 Å². The Balaban J connectivity index is 1.54. The summed E-state index contributed by atoms with van der Waals surface area (Å²) in [6.07, 6.45) is 4.30. The summed E-state index contributed by atoms with van der Waals surface area (Å²) in [4.78, 5) is 29.5. The second kappa shape index (κ2) is 7.14. The maximum atomic E-state index is 11.8. The zero-order valence-corrected chi connectivity index (χ0v) is 13.4. The van der Waals surface area contributed by atoms with Crippen molar-refractivity contribution in [1.29, 1.82) is 0 Å². The van der Waals surface area contributed by atoms with Crippen LogP contribution in [0.15, 0.2) is 40.4 Å². The number of rotatable bonds is 6. The Labute approximate surface area is 142 Å². The van der Waals surface area contributed by atoms with Crippen LogP contribution in [-0.2, 0) is 4.79 Å². The molecule has 0 aliphatic rings. The third kappa shape index (κ3) is 3.91. The van der Waals surface area contributed by atoms with E-state index in [1.807, 2.05) is 0 Å². The molecular formula is C12H8N6O4S2. The van der Waals surface area contributed by atoms with Crippen LogP contribution in [0.3, 0.4) is 0 Å². The van der Waals surface area contributed by atoms with Gasteiger partial charge in [-0.3, -0.25) is 19.9 Å². The molecule has 3 rings (SSSR count). The molecule has 0 atom stereocenters. The van der Waals surface area contributed by atoms with Crippen LogP contribution in [0.25, 0.3) is 11.5 Å². The molecule has 0 aromatic carbocycles. The van der Waals surface area contributed by atoms with Gasteiger partial charge in [-0.2, -0.15) is 0 Å². The topological polar surface area (TPSA) is 137 Å². The van der Waals surface area contributed by atoms with Crippen LogP contribution >= 0.6 is 23.1 Å². The summed E-state index contributed by atoms with van der Waals surface area (Å²) in [6.45, 7) is 0. The maximum absolute atomic E-state index is 11.8. The first-order valence-corrected chi connectivity index (χ1v) is 8.19. The first-order chi connectivity index (χ1) is 11.6. The second-order valence-corrected chi connectivity index (χ2v) is 6.15. The van der Waals surface area contributed by atoms with Crippen LogP contribution in [0.4, 0.5) is 10.1 Å². The van der Waals surface area contributed by atoms with Crippen molar-refractivity contribution in [3.63, 3.8) is 0 Å². The van der Waals surface area contributed by atoms with Gasteiger partial charge in [0.2, 0.25) is 11.8 Å². The van der Waals surface area contributed by atoms with Crippen LogP contribution in [0, 0.1) is 10.1 Å². The predicted octanol–water partition coefficient (Wildman–Crippen LogP) is 2.23. The van der Waals surface area contributed by atoms with Crippen molar-refractivity contribution in [3.8, 4) is 11.5 Å². The van der Waals surface area contributed by atoms with Gasteiger partial charge in [0, 0.05) is 12.4 Å². The van der Waals surface area contributed by atoms with Gasteiger partial charge >= 0.3 is 5.00 Å². The van der Waals surface area contributed by atoms with E-state index in [4.69, 9.17) is 4.42 Å². The molecule has 1 amide bonds. The van der Waals surface area contributed by atoms with E-state index in [1.54, 1.807) is 24.5 Å². The van der Waals surface area contributed by atoms with E-state index >= 15 is 0 Å². The summed E-state index contributed by atoms with van der Waals surface area (Å²) in [6, 6.07) is 3.52. The number of anilines is 1. The molecule has 0 saturated heterocycles. The molecule has 3 heterocycles. The molecule has 0 spiro atoms. The van der Waals surface area contributed by atoms with Crippen molar-refractivity contribution < 1.29 is 14.1 Å². The number of amides is 1. The molecule has 3 aromatic heterocycles. The number of carbonyl (C=O) groups is 1. The quantitative estimate of drug-likeness (QED) is 0.396. The lowest BCUT2D eigenvalue weighted by Gasteiger charge is -1.98. The van der Waals surface area contributed by atoms with E-state index in [1.165, 1.54) is 0 Å². The first-order valence-electron chi connectivity index (χ1n) is 6.38. The van der Waals surface area contributed by atoms with Crippen LogP contribution in [0.2, 0.25) is 0 Å². The van der Waals surface area contributed by atoms with Gasteiger partial charge < -0.3 is 9.73 Å². The highest BCUT2D eigenvalue weighted by atomic mass is 32.2. The fraction of sp³-hybridized carbons (Fsp3) is 0.0833. The van der Waals surface area contributed by atoms with Crippen molar-refractivity contribution in [2.24, 2.45) is 0 Å². The van der Waals surface area contributed by atoms with Gasteiger partial charge in [-0.15, -0.1) is 10.2 Å². The largest absolute Gasteiger partial charge is 0.411 e. The molecule has 0 bridgehead atoms. The van der Waals surface area contributed by atoms with E-state index in [2.05, 4.69) is 25.5 Å². The molecule has 0 aliphatic carbocycles. The molecule has 3 aromatic rings. The molecule has 10 nitrogen and oxygen atoms in total. The highest BCUT2D eigenvalue weighted by Crippen LogP contribution is 2.26. The van der Waals surface area contributed by atoms with Gasteiger partial charge in [-0.25, -0.2) is 4.98 Å². The number of thiazole rings is 1. The zero-order chi connectivity index (χ0) is 16.9. The molecule has 0 unspecified atom stereocenters. The number of hydrogen-bond acceptors (Lipinski definition) is 10. The smallest absolute Gasteiger partial charge is 0.345 e. The Morgan fingerprint density at radius 1 is 1.42 bits per heavy atom. The van der Waals surface area contributed by atoms with Gasteiger partial charge in [0.05, 0.1) is 16.2 Å². The summed E-state index contributed by atoms with van der Waals surface area (Å²) in [5.41, 5.74) is 0.677. The van der Waals surface area contributed by atoms with Gasteiger partial charge in [-0.1, -0.05) is 11.8 Å². The van der Waals surface area contributed by atoms with E-state index in [9.17, 15) is 14.9 Å². The summed E-state index contributed by atoms with van der Waals surface area (Å²) in [5, 5.41) is 21.0. The van der Waals surface area contributed by atoms with Crippen molar-refractivity contribution >= 4 is 39.1 Å². The molecule has 12 heteroatoms. The van der Waals surface area contributed by atoms with Crippen molar-refractivity contribution in [2.45, 2.75) is 5.22 Å². The fourth-order valence-electron chi connectivity index (χ4n) is 1.56. The Morgan fingerprint density at radius 2 is 2.29 bits per heavy atom. The van der Waals surface area contributed by atoms with Crippen molar-refractivity contribution in [2.75, 3.05) is 11.1 Å². The molecule has 122 valence electrons. The molecule has 1 N–H and O–H groups in total. The van der Waals surface area contributed by atoms with Gasteiger partial charge in [0.15, 0.2) is 5.13 Å². The lowest BCUT2D eigenvalue weighted by molar-refractivity contribution is -0.380. The zero-order valence-electron chi connectivity index (χ0n) is 11.8. The third-order valence-corrected chi connectivity index (χ3v) is 4.24. The van der Waals surface area contributed by atoms with Crippen molar-refractivity contribution in [3.05, 3.63) is 40.8 Å². The molecular weight excluding hydrogens is 356 g/mol. The van der Waals surface area contributed by atoms with Crippen LogP contribution in [0.1, 0.15) is 0 Å². The Morgan fingerprint density at radius 3 is 3.00 bits per heavy atom. The number of nitrogens with one attached hydrogen (secondary N) is 1. The van der Waals surface area contributed by atoms with Gasteiger partial charge in [0.25, 0.3) is 5.22 Å². The van der Waals surface area contributed by atoms with Crippen molar-refractivity contribution in [1.82, 2.24) is 20.2 Å². The number of aromatic nitrogens is 4. The molecule has 0 radical (unpaired) electrons. The lowest BCUT2D eigenvalue weighted by atomic mass is 10.3. The third-order valence-electron chi connectivity index (χ3n) is 2.56.